The summed E-state index contributed by atoms with van der Waals surface area (Å²) in [4.78, 5) is 11.7. The Kier molecular flexibility index (Phi) is 3.52. The second kappa shape index (κ2) is 4.33. The number of esters is 1. The molecule has 0 amide bonds. The molecule has 1 aliphatic rings. The summed E-state index contributed by atoms with van der Waals surface area (Å²) in [5.74, 6) is -0.231. The minimum absolute atomic E-state index is 0.127. The Bertz CT molecular complexity index is 257. The van der Waals surface area contributed by atoms with E-state index in [2.05, 4.69) is 6.58 Å². The molecule has 2 unspecified atom stereocenters. The van der Waals surface area contributed by atoms with Crippen molar-refractivity contribution < 1.29 is 14.7 Å². The van der Waals surface area contributed by atoms with Crippen molar-refractivity contribution in [2.75, 3.05) is 6.54 Å². The van der Waals surface area contributed by atoms with Crippen molar-refractivity contribution >= 4 is 5.97 Å². The van der Waals surface area contributed by atoms with Gasteiger partial charge in [-0.05, 0) is 27.2 Å². The third-order valence-electron chi connectivity index (χ3n) is 2.31. The van der Waals surface area contributed by atoms with Gasteiger partial charge >= 0.3 is 5.97 Å². The molecule has 1 fully saturated rings. The summed E-state index contributed by atoms with van der Waals surface area (Å²) in [6.45, 7) is 9.57. The van der Waals surface area contributed by atoms with E-state index in [0.29, 0.717) is 6.54 Å². The van der Waals surface area contributed by atoms with Crippen LogP contribution in [0.1, 0.15) is 27.2 Å². The normalized spacial score (nSPS) is 26.9. The van der Waals surface area contributed by atoms with E-state index in [1.807, 2.05) is 20.8 Å². The molecule has 0 aliphatic carbocycles. The van der Waals surface area contributed by atoms with Gasteiger partial charge in [0.1, 0.15) is 11.6 Å². The molecule has 86 valence electrons. The van der Waals surface area contributed by atoms with Gasteiger partial charge < -0.3 is 9.94 Å². The Morgan fingerprint density at radius 3 is 2.67 bits per heavy atom. The fourth-order valence-corrected chi connectivity index (χ4v) is 1.65. The first-order valence-electron chi connectivity index (χ1n) is 5.14. The predicted octanol–water partition coefficient (Wildman–Crippen LogP) is 1.59. The Labute approximate surface area is 90.5 Å². The van der Waals surface area contributed by atoms with Gasteiger partial charge in [0.15, 0.2) is 0 Å². The van der Waals surface area contributed by atoms with Crippen molar-refractivity contribution in [3.63, 3.8) is 0 Å². The van der Waals surface area contributed by atoms with E-state index in [4.69, 9.17) is 4.74 Å². The molecule has 1 N–H and O–H groups in total. The Morgan fingerprint density at radius 1 is 1.67 bits per heavy atom. The molecule has 0 aromatic carbocycles. The molecular weight excluding hydrogens is 194 g/mol. The molecule has 4 nitrogen and oxygen atoms in total. The van der Waals surface area contributed by atoms with Crippen LogP contribution in [0.4, 0.5) is 0 Å². The first-order chi connectivity index (χ1) is 6.85. The van der Waals surface area contributed by atoms with Crippen LogP contribution in [0.2, 0.25) is 0 Å². The molecule has 15 heavy (non-hydrogen) atoms. The van der Waals surface area contributed by atoms with Gasteiger partial charge in [0, 0.05) is 12.5 Å². The largest absolute Gasteiger partial charge is 0.459 e. The lowest BCUT2D eigenvalue weighted by Gasteiger charge is -2.42. The van der Waals surface area contributed by atoms with Crippen LogP contribution in [0, 0.1) is 5.92 Å². The zero-order valence-corrected chi connectivity index (χ0v) is 9.56. The van der Waals surface area contributed by atoms with Gasteiger partial charge in [-0.2, -0.15) is 5.06 Å². The summed E-state index contributed by atoms with van der Waals surface area (Å²) >= 11 is 0. The van der Waals surface area contributed by atoms with Gasteiger partial charge in [-0.1, -0.05) is 6.08 Å². The van der Waals surface area contributed by atoms with Crippen molar-refractivity contribution in [1.82, 2.24) is 5.06 Å². The predicted molar refractivity (Wildman–Crippen MR) is 56.4 cm³/mol. The minimum Gasteiger partial charge on any atom is -0.459 e. The van der Waals surface area contributed by atoms with E-state index in [0.717, 1.165) is 11.5 Å². The molecule has 0 bridgehead atoms. The summed E-state index contributed by atoms with van der Waals surface area (Å²) in [7, 11) is 0. The molecule has 1 heterocycles. The molecule has 2 atom stereocenters. The van der Waals surface area contributed by atoms with Crippen molar-refractivity contribution in [3.05, 3.63) is 12.7 Å². The molecular formula is C11H19NO3. The number of carbonyl (C=O) groups excluding carboxylic acids is 1. The number of hydroxylamine groups is 2. The summed E-state index contributed by atoms with van der Waals surface area (Å²) in [5, 5.41) is 10.4. The van der Waals surface area contributed by atoms with Crippen molar-refractivity contribution in [3.8, 4) is 0 Å². The molecule has 1 saturated heterocycles. The average molecular weight is 213 g/mol. The highest BCUT2D eigenvalue weighted by atomic mass is 16.6. The van der Waals surface area contributed by atoms with Crippen molar-refractivity contribution in [2.24, 2.45) is 5.92 Å². The smallest absolute Gasteiger partial charge is 0.326 e. The number of hydrogen-bond donors (Lipinski definition) is 1. The highest BCUT2D eigenvalue weighted by Gasteiger charge is 2.44. The first kappa shape index (κ1) is 12.2. The number of rotatable bonds is 3. The zero-order chi connectivity index (χ0) is 11.6. The average Bonchev–Trinajstić information content (AvgIpc) is 1.99. The van der Waals surface area contributed by atoms with Crippen LogP contribution >= 0.6 is 0 Å². The zero-order valence-electron chi connectivity index (χ0n) is 9.56. The number of nitrogens with zero attached hydrogens (tertiary/aromatic N) is 1. The van der Waals surface area contributed by atoms with Crippen molar-refractivity contribution in [1.29, 1.82) is 0 Å². The fourth-order valence-electron chi connectivity index (χ4n) is 1.65. The number of ether oxygens (including phenoxy) is 1. The Morgan fingerprint density at radius 2 is 2.27 bits per heavy atom. The highest BCUT2D eigenvalue weighted by Crippen LogP contribution is 2.28. The third-order valence-corrected chi connectivity index (χ3v) is 2.31. The van der Waals surface area contributed by atoms with Gasteiger partial charge in [-0.3, -0.25) is 4.79 Å². The van der Waals surface area contributed by atoms with E-state index < -0.39 is 11.6 Å². The van der Waals surface area contributed by atoms with Crippen LogP contribution in [-0.4, -0.2) is 34.4 Å². The second-order valence-electron chi connectivity index (χ2n) is 4.88. The van der Waals surface area contributed by atoms with Crippen LogP contribution in [0.5, 0.6) is 0 Å². The maximum atomic E-state index is 11.7. The number of carbonyl (C=O) groups is 1. The van der Waals surface area contributed by atoms with E-state index in [9.17, 15) is 10.0 Å². The summed E-state index contributed by atoms with van der Waals surface area (Å²) in [5.41, 5.74) is -0.508. The topological polar surface area (TPSA) is 49.8 Å². The van der Waals surface area contributed by atoms with Gasteiger partial charge in [0.05, 0.1) is 0 Å². The van der Waals surface area contributed by atoms with Gasteiger partial charge in [-0.25, -0.2) is 0 Å². The monoisotopic (exact) mass is 213 g/mol. The summed E-state index contributed by atoms with van der Waals surface area (Å²) in [6, 6.07) is -0.526. The SMILES string of the molecule is C=CCC1CN(O)C1C(=O)OC(C)(C)C. The van der Waals surface area contributed by atoms with Gasteiger partial charge in [-0.15, -0.1) is 6.58 Å². The van der Waals surface area contributed by atoms with Crippen molar-refractivity contribution in [2.45, 2.75) is 38.8 Å². The van der Waals surface area contributed by atoms with Gasteiger partial charge in [0.25, 0.3) is 0 Å². The van der Waals surface area contributed by atoms with Crippen LogP contribution in [-0.2, 0) is 9.53 Å². The lowest BCUT2D eigenvalue weighted by Crippen LogP contribution is -2.59. The maximum Gasteiger partial charge on any atom is 0.326 e. The maximum absolute atomic E-state index is 11.7. The Hall–Kier alpha value is -0.870. The Balaban J connectivity index is 2.54. The van der Waals surface area contributed by atoms with E-state index in [1.54, 1.807) is 6.08 Å². The second-order valence-corrected chi connectivity index (χ2v) is 4.88. The van der Waals surface area contributed by atoms with Gasteiger partial charge in [0.2, 0.25) is 0 Å². The number of allylic oxidation sites excluding steroid dienone is 1. The summed E-state index contributed by atoms with van der Waals surface area (Å²) in [6.07, 6.45) is 2.48. The molecule has 0 saturated carbocycles. The molecule has 0 spiro atoms. The van der Waals surface area contributed by atoms with Crippen LogP contribution in [0.15, 0.2) is 12.7 Å². The molecule has 0 aromatic rings. The molecule has 4 heteroatoms. The molecule has 0 radical (unpaired) electrons. The minimum atomic E-state index is -0.526. The van der Waals surface area contributed by atoms with Crippen LogP contribution in [0.3, 0.4) is 0 Å². The van der Waals surface area contributed by atoms with E-state index >= 15 is 0 Å². The third kappa shape index (κ3) is 3.04. The summed E-state index contributed by atoms with van der Waals surface area (Å²) < 4.78 is 5.21. The molecule has 1 aliphatic heterocycles. The highest BCUT2D eigenvalue weighted by molar-refractivity contribution is 5.77. The standard InChI is InChI=1S/C11H19NO3/c1-5-6-8-7-12(14)9(8)10(13)15-11(2,3)4/h5,8-9,14H,1,6-7H2,2-4H3. The lowest BCUT2D eigenvalue weighted by atomic mass is 9.88. The fraction of sp³-hybridized carbons (Fsp3) is 0.727. The quantitative estimate of drug-likeness (QED) is 0.571. The van der Waals surface area contributed by atoms with E-state index in [-0.39, 0.29) is 11.9 Å². The number of hydrogen-bond acceptors (Lipinski definition) is 4. The lowest BCUT2D eigenvalue weighted by molar-refractivity contribution is -0.230. The molecule has 1 rings (SSSR count). The first-order valence-corrected chi connectivity index (χ1v) is 5.14. The molecule has 0 aromatic heterocycles. The van der Waals surface area contributed by atoms with Crippen LogP contribution in [0.25, 0.3) is 0 Å². The van der Waals surface area contributed by atoms with Crippen LogP contribution < -0.4 is 0 Å². The van der Waals surface area contributed by atoms with E-state index in [1.165, 1.54) is 0 Å².